The zero-order valence-electron chi connectivity index (χ0n) is 8.76. The van der Waals surface area contributed by atoms with Crippen molar-refractivity contribution in [2.75, 3.05) is 26.2 Å². The SMILES string of the molecule is C(=NOCCN1CCCC1)c1ccco1. The van der Waals surface area contributed by atoms with Crippen molar-refractivity contribution in [3.8, 4) is 0 Å². The quantitative estimate of drug-likeness (QED) is 0.420. The van der Waals surface area contributed by atoms with Gasteiger partial charge in [-0.25, -0.2) is 0 Å². The second kappa shape index (κ2) is 5.56. The zero-order chi connectivity index (χ0) is 10.3. The molecule has 0 atom stereocenters. The van der Waals surface area contributed by atoms with Crippen LogP contribution >= 0.6 is 0 Å². The first-order chi connectivity index (χ1) is 7.45. The lowest BCUT2D eigenvalue weighted by Crippen LogP contribution is -2.23. The molecule has 0 spiro atoms. The number of hydrogen-bond donors (Lipinski definition) is 0. The van der Waals surface area contributed by atoms with E-state index in [1.54, 1.807) is 12.5 Å². The van der Waals surface area contributed by atoms with Crippen LogP contribution in [0.15, 0.2) is 28.0 Å². The lowest BCUT2D eigenvalue weighted by Gasteiger charge is -2.12. The predicted molar refractivity (Wildman–Crippen MR) is 57.9 cm³/mol. The molecule has 1 saturated heterocycles. The third kappa shape index (κ3) is 3.40. The zero-order valence-corrected chi connectivity index (χ0v) is 8.76. The van der Waals surface area contributed by atoms with E-state index in [0.29, 0.717) is 6.61 Å². The molecule has 0 N–H and O–H groups in total. The number of furan rings is 1. The van der Waals surface area contributed by atoms with Crippen LogP contribution in [0, 0.1) is 0 Å². The van der Waals surface area contributed by atoms with Gasteiger partial charge in [-0.3, -0.25) is 4.90 Å². The van der Waals surface area contributed by atoms with Crippen molar-refractivity contribution >= 4 is 6.21 Å². The van der Waals surface area contributed by atoms with Crippen LogP contribution in [-0.4, -0.2) is 37.4 Å². The van der Waals surface area contributed by atoms with Gasteiger partial charge in [0.2, 0.25) is 0 Å². The Labute approximate surface area is 89.5 Å². The normalized spacial score (nSPS) is 17.6. The molecule has 1 aliphatic heterocycles. The van der Waals surface area contributed by atoms with Crippen LogP contribution in [0.3, 0.4) is 0 Å². The van der Waals surface area contributed by atoms with Gasteiger partial charge in [-0.05, 0) is 38.1 Å². The molecule has 1 aliphatic rings. The Hall–Kier alpha value is -1.29. The number of likely N-dealkylation sites (tertiary alicyclic amines) is 1. The molecule has 4 heteroatoms. The molecule has 15 heavy (non-hydrogen) atoms. The minimum atomic E-state index is 0.650. The van der Waals surface area contributed by atoms with E-state index < -0.39 is 0 Å². The van der Waals surface area contributed by atoms with Crippen LogP contribution in [-0.2, 0) is 4.84 Å². The van der Waals surface area contributed by atoms with Gasteiger partial charge in [0, 0.05) is 6.54 Å². The van der Waals surface area contributed by atoms with Crippen LogP contribution < -0.4 is 0 Å². The predicted octanol–water partition coefficient (Wildman–Crippen LogP) is 1.73. The highest BCUT2D eigenvalue weighted by molar-refractivity contribution is 5.74. The van der Waals surface area contributed by atoms with E-state index in [1.807, 2.05) is 12.1 Å². The summed E-state index contributed by atoms with van der Waals surface area (Å²) in [4.78, 5) is 7.53. The molecule has 0 aromatic carbocycles. The largest absolute Gasteiger partial charge is 0.463 e. The Bertz CT molecular complexity index is 290. The first-order valence-electron chi connectivity index (χ1n) is 5.36. The third-order valence-electron chi connectivity index (χ3n) is 2.50. The monoisotopic (exact) mass is 208 g/mol. The highest BCUT2D eigenvalue weighted by Gasteiger charge is 2.10. The smallest absolute Gasteiger partial charge is 0.148 e. The number of hydrogen-bond acceptors (Lipinski definition) is 4. The van der Waals surface area contributed by atoms with E-state index in [-0.39, 0.29) is 0 Å². The van der Waals surface area contributed by atoms with Crippen LogP contribution in [0.5, 0.6) is 0 Å². The summed E-state index contributed by atoms with van der Waals surface area (Å²) in [7, 11) is 0. The average Bonchev–Trinajstić information content (AvgIpc) is 2.88. The Balaban J connectivity index is 1.58. The van der Waals surface area contributed by atoms with E-state index in [9.17, 15) is 0 Å². The van der Waals surface area contributed by atoms with Gasteiger partial charge in [-0.1, -0.05) is 5.16 Å². The van der Waals surface area contributed by atoms with Crippen molar-refractivity contribution < 1.29 is 9.25 Å². The molecule has 0 aliphatic carbocycles. The molecule has 0 unspecified atom stereocenters. The maximum atomic E-state index is 5.14. The maximum absolute atomic E-state index is 5.14. The Morgan fingerprint density at radius 2 is 2.33 bits per heavy atom. The van der Waals surface area contributed by atoms with Crippen LogP contribution in [0.4, 0.5) is 0 Å². The van der Waals surface area contributed by atoms with E-state index in [2.05, 4.69) is 10.1 Å². The van der Waals surface area contributed by atoms with Crippen molar-refractivity contribution in [1.82, 2.24) is 4.90 Å². The van der Waals surface area contributed by atoms with Crippen LogP contribution in [0.2, 0.25) is 0 Å². The molecule has 0 saturated carbocycles. The Morgan fingerprint density at radius 3 is 3.07 bits per heavy atom. The molecule has 0 radical (unpaired) electrons. The van der Waals surface area contributed by atoms with E-state index in [1.165, 1.54) is 25.9 Å². The van der Waals surface area contributed by atoms with Gasteiger partial charge in [0.25, 0.3) is 0 Å². The van der Waals surface area contributed by atoms with E-state index in [0.717, 1.165) is 12.3 Å². The third-order valence-corrected chi connectivity index (χ3v) is 2.50. The van der Waals surface area contributed by atoms with Gasteiger partial charge in [0.15, 0.2) is 0 Å². The fourth-order valence-corrected chi connectivity index (χ4v) is 1.68. The van der Waals surface area contributed by atoms with Crippen molar-refractivity contribution in [3.63, 3.8) is 0 Å². The van der Waals surface area contributed by atoms with Crippen molar-refractivity contribution in [3.05, 3.63) is 24.2 Å². The van der Waals surface area contributed by atoms with Gasteiger partial charge >= 0.3 is 0 Å². The van der Waals surface area contributed by atoms with Gasteiger partial charge in [0.1, 0.15) is 18.6 Å². The lowest BCUT2D eigenvalue weighted by atomic mass is 10.4. The highest BCUT2D eigenvalue weighted by Crippen LogP contribution is 2.05. The first-order valence-corrected chi connectivity index (χ1v) is 5.36. The summed E-state index contributed by atoms with van der Waals surface area (Å²) in [6.07, 6.45) is 5.83. The van der Waals surface area contributed by atoms with E-state index >= 15 is 0 Å². The molecule has 0 amide bonds. The van der Waals surface area contributed by atoms with Gasteiger partial charge in [-0.2, -0.15) is 0 Å². The van der Waals surface area contributed by atoms with Gasteiger partial charge in [0.05, 0.1) is 6.26 Å². The lowest BCUT2D eigenvalue weighted by molar-refractivity contribution is 0.120. The number of nitrogens with zero attached hydrogens (tertiary/aromatic N) is 2. The topological polar surface area (TPSA) is 38.0 Å². The fraction of sp³-hybridized carbons (Fsp3) is 0.545. The number of oxime groups is 1. The molecule has 2 heterocycles. The molecule has 82 valence electrons. The Morgan fingerprint density at radius 1 is 1.47 bits per heavy atom. The van der Waals surface area contributed by atoms with E-state index in [4.69, 9.17) is 9.25 Å². The second-order valence-electron chi connectivity index (χ2n) is 3.63. The average molecular weight is 208 g/mol. The summed E-state index contributed by atoms with van der Waals surface area (Å²) in [6, 6.07) is 3.67. The van der Waals surface area contributed by atoms with Crippen molar-refractivity contribution in [1.29, 1.82) is 0 Å². The summed E-state index contributed by atoms with van der Waals surface area (Å²) in [5, 5.41) is 3.83. The molecular weight excluding hydrogens is 192 g/mol. The molecule has 4 nitrogen and oxygen atoms in total. The summed E-state index contributed by atoms with van der Waals surface area (Å²) in [6.45, 7) is 4.02. The standard InChI is InChI=1S/C11H16N2O2/c1-2-6-13(5-1)7-9-15-12-10-11-4-3-8-14-11/h3-4,8,10H,1-2,5-7,9H2. The molecule has 2 rings (SSSR count). The summed E-state index contributed by atoms with van der Waals surface area (Å²) in [5.74, 6) is 0.719. The molecule has 0 bridgehead atoms. The summed E-state index contributed by atoms with van der Waals surface area (Å²) in [5.41, 5.74) is 0. The molecule has 1 aromatic rings. The fourth-order valence-electron chi connectivity index (χ4n) is 1.68. The summed E-state index contributed by atoms with van der Waals surface area (Å²) < 4.78 is 5.07. The minimum Gasteiger partial charge on any atom is -0.463 e. The second-order valence-corrected chi connectivity index (χ2v) is 3.63. The molecular formula is C11H16N2O2. The van der Waals surface area contributed by atoms with Crippen LogP contribution in [0.1, 0.15) is 18.6 Å². The molecule has 1 aromatic heterocycles. The highest BCUT2D eigenvalue weighted by atomic mass is 16.6. The van der Waals surface area contributed by atoms with Crippen molar-refractivity contribution in [2.45, 2.75) is 12.8 Å². The van der Waals surface area contributed by atoms with Gasteiger partial charge in [-0.15, -0.1) is 0 Å². The molecule has 1 fully saturated rings. The van der Waals surface area contributed by atoms with Crippen LogP contribution in [0.25, 0.3) is 0 Å². The maximum Gasteiger partial charge on any atom is 0.148 e. The van der Waals surface area contributed by atoms with Crippen molar-refractivity contribution in [2.24, 2.45) is 5.16 Å². The first kappa shape index (κ1) is 10.2. The van der Waals surface area contributed by atoms with Gasteiger partial charge < -0.3 is 9.25 Å². The Kier molecular flexibility index (Phi) is 3.79. The number of rotatable bonds is 5. The minimum absolute atomic E-state index is 0.650. The summed E-state index contributed by atoms with van der Waals surface area (Å²) >= 11 is 0.